The van der Waals surface area contributed by atoms with E-state index in [1.165, 1.54) is 0 Å². The smallest absolute Gasteiger partial charge is 0.160 e. The van der Waals surface area contributed by atoms with Crippen molar-refractivity contribution in [1.82, 2.24) is 9.97 Å². The van der Waals surface area contributed by atoms with Gasteiger partial charge in [-0.1, -0.05) is 153 Å². The second kappa shape index (κ2) is 13.1. The third kappa shape index (κ3) is 5.73. The molecule has 2 saturated carbocycles. The van der Waals surface area contributed by atoms with Crippen LogP contribution in [0.25, 0.3) is 67.3 Å². The summed E-state index contributed by atoms with van der Waals surface area (Å²) < 4.78 is 39.6. The van der Waals surface area contributed by atoms with Crippen LogP contribution in [0, 0.1) is 5.41 Å². The van der Waals surface area contributed by atoms with E-state index < -0.39 is 18.2 Å². The van der Waals surface area contributed by atoms with Crippen molar-refractivity contribution in [2.45, 2.75) is 63.1 Å². The Morgan fingerprint density at radius 2 is 0.925 bits per heavy atom. The maximum Gasteiger partial charge on any atom is 0.160 e. The van der Waals surface area contributed by atoms with Crippen molar-refractivity contribution < 1.29 is 5.48 Å². The van der Waals surface area contributed by atoms with Crippen LogP contribution in [0.3, 0.4) is 0 Å². The zero-order chi connectivity index (χ0) is 38.8. The highest BCUT2D eigenvalue weighted by molar-refractivity contribution is 5.85. The van der Waals surface area contributed by atoms with Crippen LogP contribution in [-0.2, 0) is 5.41 Å². The average molecular weight is 689 g/mol. The van der Waals surface area contributed by atoms with Crippen molar-refractivity contribution in [1.29, 1.82) is 0 Å². The molecule has 3 aliphatic rings. The maximum absolute atomic E-state index is 9.90. The molecule has 2 spiro atoms. The van der Waals surface area contributed by atoms with Crippen LogP contribution in [0.2, 0.25) is 0 Å². The van der Waals surface area contributed by atoms with E-state index >= 15 is 0 Å². The molecule has 0 atom stereocenters. The number of fused-ring (bicyclic) bond motifs is 5. The van der Waals surface area contributed by atoms with Crippen LogP contribution < -0.4 is 0 Å². The van der Waals surface area contributed by atoms with Gasteiger partial charge in [0.2, 0.25) is 0 Å². The van der Waals surface area contributed by atoms with Gasteiger partial charge in [0.25, 0.3) is 0 Å². The van der Waals surface area contributed by atoms with Crippen LogP contribution in [0.1, 0.15) is 74.3 Å². The lowest BCUT2D eigenvalue weighted by molar-refractivity contribution is 0.0951. The van der Waals surface area contributed by atoms with Gasteiger partial charge in [0.1, 0.15) is 0 Å². The normalized spacial score (nSPS) is 19.7. The molecule has 0 bridgehead atoms. The summed E-state index contributed by atoms with van der Waals surface area (Å²) in [5.41, 5.74) is 10.5. The molecule has 2 nitrogen and oxygen atoms in total. The van der Waals surface area contributed by atoms with Gasteiger partial charge in [0, 0.05) is 27.6 Å². The first-order valence-electron chi connectivity index (χ1n) is 21.1. The summed E-state index contributed by atoms with van der Waals surface area (Å²) in [4.78, 5) is 10.0. The first kappa shape index (κ1) is 28.0. The van der Waals surface area contributed by atoms with E-state index in [2.05, 4.69) is 91.0 Å². The second-order valence-corrected chi connectivity index (χ2v) is 15.2. The monoisotopic (exact) mass is 688 g/mol. The van der Waals surface area contributed by atoms with Crippen LogP contribution in [0.15, 0.2) is 158 Å². The summed E-state index contributed by atoms with van der Waals surface area (Å²) >= 11 is 0. The molecule has 258 valence electrons. The Balaban J connectivity index is 1.05. The molecule has 0 aliphatic heterocycles. The quantitative estimate of drug-likeness (QED) is 0.180. The number of aromatic nitrogens is 2. The van der Waals surface area contributed by atoms with E-state index in [0.717, 1.165) is 105 Å². The Labute approximate surface area is 319 Å². The molecule has 10 rings (SSSR count). The molecule has 7 aromatic rings. The van der Waals surface area contributed by atoms with E-state index in [0.29, 0.717) is 18.7 Å². The van der Waals surface area contributed by atoms with Gasteiger partial charge >= 0.3 is 0 Å². The highest BCUT2D eigenvalue weighted by atomic mass is 14.9. The van der Waals surface area contributed by atoms with Crippen LogP contribution >= 0.6 is 0 Å². The highest BCUT2D eigenvalue weighted by Crippen LogP contribution is 2.61. The molecule has 0 N–H and O–H groups in total. The van der Waals surface area contributed by atoms with Crippen LogP contribution in [0.4, 0.5) is 0 Å². The molecule has 1 heterocycles. The van der Waals surface area contributed by atoms with Gasteiger partial charge in [-0.15, -0.1) is 0 Å². The Kier molecular flexibility index (Phi) is 6.92. The van der Waals surface area contributed by atoms with Gasteiger partial charge in [-0.25, -0.2) is 9.97 Å². The Bertz CT molecular complexity index is 2550. The molecule has 2 fully saturated rings. The minimum absolute atomic E-state index is 0.299. The standard InChI is InChI=1S/C51H44N2/c1-4-14-36(15-5-1)47-35-48(53-49(52-47)37-16-6-2-7-17-37)42-21-13-20-40(33-42)38-18-12-19-39(32-38)41-24-25-44-43-22-8-9-23-45(43)51(46(44)34-41)30-28-50(29-31-51)26-10-3-11-27-50/h1-2,4-9,12-25,32-35H,3,10-11,26-31H2/i30D2,31D2. The predicted molar refractivity (Wildman–Crippen MR) is 219 cm³/mol. The zero-order valence-corrected chi connectivity index (χ0v) is 29.9. The Hall–Kier alpha value is -5.60. The lowest BCUT2D eigenvalue weighted by Gasteiger charge is -2.48. The van der Waals surface area contributed by atoms with E-state index in [1.807, 2.05) is 66.7 Å². The van der Waals surface area contributed by atoms with Gasteiger partial charge in [-0.3, -0.25) is 0 Å². The second-order valence-electron chi connectivity index (χ2n) is 15.2. The average Bonchev–Trinajstić information content (AvgIpc) is 3.56. The van der Waals surface area contributed by atoms with Crippen molar-refractivity contribution in [3.8, 4) is 67.3 Å². The molecule has 1 aromatic heterocycles. The number of hydrogen-bond donors (Lipinski definition) is 0. The minimum Gasteiger partial charge on any atom is -0.228 e. The summed E-state index contributed by atoms with van der Waals surface area (Å²) in [6.45, 7) is 0. The predicted octanol–water partition coefficient (Wildman–Crippen LogP) is 13.6. The number of nitrogens with zero attached hydrogens (tertiary/aromatic N) is 2. The van der Waals surface area contributed by atoms with Gasteiger partial charge in [-0.2, -0.15) is 0 Å². The molecule has 0 amide bonds. The Morgan fingerprint density at radius 1 is 0.396 bits per heavy atom. The molecule has 3 aliphatic carbocycles. The van der Waals surface area contributed by atoms with E-state index in [4.69, 9.17) is 9.97 Å². The lowest BCUT2D eigenvalue weighted by Crippen LogP contribution is -2.38. The molecule has 53 heavy (non-hydrogen) atoms. The van der Waals surface area contributed by atoms with Gasteiger partial charge in [-0.05, 0) is 113 Å². The molecule has 0 unspecified atom stereocenters. The van der Waals surface area contributed by atoms with Crippen LogP contribution in [-0.4, -0.2) is 9.97 Å². The fraction of sp³-hybridized carbons (Fsp3) is 0.216. The van der Waals surface area contributed by atoms with E-state index in [9.17, 15) is 5.48 Å². The van der Waals surface area contributed by atoms with Gasteiger partial charge < -0.3 is 0 Å². The SMILES string of the molecule is [2H]C1([2H])CC2(CCCCC2)CC([2H])([2H])C12c1ccccc1-c1ccc(-c3cccc(-c4cccc(-c5cc(-c6ccccc6)nc(-c6ccccc6)n5)c4)c3)cc12. The Morgan fingerprint density at radius 3 is 1.62 bits per heavy atom. The van der Waals surface area contributed by atoms with Crippen molar-refractivity contribution in [2.24, 2.45) is 5.41 Å². The molecule has 2 heteroatoms. The fourth-order valence-electron chi connectivity index (χ4n) is 9.07. The fourth-order valence-corrected chi connectivity index (χ4v) is 9.07. The molecule has 0 saturated heterocycles. The summed E-state index contributed by atoms with van der Waals surface area (Å²) in [6.07, 6.45) is 2.28. The van der Waals surface area contributed by atoms with E-state index in [-0.39, 0.29) is 5.41 Å². The summed E-state index contributed by atoms with van der Waals surface area (Å²) in [6, 6.07) is 53.7. The third-order valence-corrected chi connectivity index (χ3v) is 11.9. The molecule has 6 aromatic carbocycles. The molecular weight excluding hydrogens is 641 g/mol. The molecule has 0 radical (unpaired) electrons. The number of benzene rings is 6. The first-order chi connectivity index (χ1) is 27.7. The van der Waals surface area contributed by atoms with Crippen molar-refractivity contribution in [2.75, 3.05) is 0 Å². The van der Waals surface area contributed by atoms with Crippen molar-refractivity contribution in [3.05, 3.63) is 169 Å². The van der Waals surface area contributed by atoms with Gasteiger partial charge in [0.05, 0.1) is 11.4 Å². The summed E-state index contributed by atoms with van der Waals surface area (Å²) in [7, 11) is 0. The summed E-state index contributed by atoms with van der Waals surface area (Å²) in [5, 5.41) is 0. The molecular formula is C51H44N2. The first-order valence-corrected chi connectivity index (χ1v) is 19.1. The zero-order valence-electron chi connectivity index (χ0n) is 33.9. The lowest BCUT2D eigenvalue weighted by atomic mass is 9.56. The number of hydrogen-bond acceptors (Lipinski definition) is 2. The third-order valence-electron chi connectivity index (χ3n) is 11.9. The van der Waals surface area contributed by atoms with Crippen molar-refractivity contribution in [3.63, 3.8) is 0 Å². The topological polar surface area (TPSA) is 25.8 Å². The highest BCUT2D eigenvalue weighted by Gasteiger charge is 2.49. The summed E-state index contributed by atoms with van der Waals surface area (Å²) in [5.74, 6) is 0.677. The maximum atomic E-state index is 9.90. The van der Waals surface area contributed by atoms with Crippen molar-refractivity contribution >= 4 is 0 Å². The minimum atomic E-state index is -1.78. The van der Waals surface area contributed by atoms with Gasteiger partial charge in [0.15, 0.2) is 5.82 Å². The number of rotatable bonds is 5. The van der Waals surface area contributed by atoms with Crippen LogP contribution in [0.5, 0.6) is 0 Å². The van der Waals surface area contributed by atoms with E-state index in [1.54, 1.807) is 0 Å². The largest absolute Gasteiger partial charge is 0.228 e.